The van der Waals surface area contributed by atoms with Crippen molar-refractivity contribution in [2.24, 2.45) is 0 Å². The molecule has 0 spiro atoms. The van der Waals surface area contributed by atoms with E-state index < -0.39 is 5.60 Å². The minimum Gasteiger partial charge on any atom is -0.478 e. The molecule has 3 rings (SSSR count). The summed E-state index contributed by atoms with van der Waals surface area (Å²) in [5.74, 6) is 2.23. The zero-order chi connectivity index (χ0) is 22.8. The highest BCUT2D eigenvalue weighted by Crippen LogP contribution is 2.34. The van der Waals surface area contributed by atoms with E-state index in [1.165, 1.54) is 0 Å². The highest BCUT2D eigenvalue weighted by molar-refractivity contribution is 5.85. The molecule has 0 bridgehead atoms. The van der Waals surface area contributed by atoms with E-state index in [1.807, 2.05) is 89.1 Å². The number of hydrogen-bond donors (Lipinski definition) is 0. The summed E-state index contributed by atoms with van der Waals surface area (Å²) in [6.45, 7) is 7.09. The summed E-state index contributed by atoms with van der Waals surface area (Å²) in [5.41, 5.74) is 1.07. The Balaban J connectivity index is 1.87. The molecule has 1 aromatic carbocycles. The van der Waals surface area contributed by atoms with Crippen molar-refractivity contribution in [2.45, 2.75) is 51.8 Å². The predicted octanol–water partition coefficient (Wildman–Crippen LogP) is 3.43. The van der Waals surface area contributed by atoms with Gasteiger partial charge in [-0.1, -0.05) is 12.1 Å². The van der Waals surface area contributed by atoms with Crippen molar-refractivity contribution in [3.63, 3.8) is 0 Å². The summed E-state index contributed by atoms with van der Waals surface area (Å²) in [6.07, 6.45) is 1.78. The Hall–Kier alpha value is -2.67. The van der Waals surface area contributed by atoms with E-state index in [-0.39, 0.29) is 11.9 Å². The fourth-order valence-corrected chi connectivity index (χ4v) is 3.93. The number of aryl methyl sites for hydroxylation is 1. The number of anilines is 1. The van der Waals surface area contributed by atoms with Crippen LogP contribution in [0.2, 0.25) is 0 Å². The quantitative estimate of drug-likeness (QED) is 0.677. The Labute approximate surface area is 186 Å². The van der Waals surface area contributed by atoms with Gasteiger partial charge in [-0.05, 0) is 65.4 Å². The third kappa shape index (κ3) is 5.53. The standard InChI is InChI=1S/C24H35N5O2/c1-17-10-8-11-19(14-17)31-24(2,3)23(30)29-13-9-12-20(29)22-25-18(16-27(4)5)15-21(26-22)28(6)7/h8,10-11,14-15,20H,9,12-13,16H2,1-7H3/t20-/m1/s1. The smallest absolute Gasteiger partial charge is 0.266 e. The highest BCUT2D eigenvalue weighted by atomic mass is 16.5. The Morgan fingerprint density at radius 3 is 2.58 bits per heavy atom. The average Bonchev–Trinajstić information content (AvgIpc) is 3.15. The molecule has 0 radical (unpaired) electrons. The maximum absolute atomic E-state index is 13.5. The number of ether oxygens (including phenoxy) is 1. The maximum Gasteiger partial charge on any atom is 0.266 e. The first-order valence-electron chi connectivity index (χ1n) is 10.8. The number of benzene rings is 1. The molecule has 1 aliphatic rings. The summed E-state index contributed by atoms with van der Waals surface area (Å²) >= 11 is 0. The van der Waals surface area contributed by atoms with E-state index in [1.54, 1.807) is 0 Å². The first-order valence-corrected chi connectivity index (χ1v) is 10.8. The number of hydrogen-bond acceptors (Lipinski definition) is 6. The fourth-order valence-electron chi connectivity index (χ4n) is 3.93. The van der Waals surface area contributed by atoms with Gasteiger partial charge >= 0.3 is 0 Å². The van der Waals surface area contributed by atoms with Crippen LogP contribution in [-0.2, 0) is 11.3 Å². The molecule has 1 amide bonds. The molecule has 1 aromatic heterocycles. The van der Waals surface area contributed by atoms with Gasteiger partial charge in [-0.15, -0.1) is 0 Å². The highest BCUT2D eigenvalue weighted by Gasteiger charge is 2.41. The van der Waals surface area contributed by atoms with Crippen LogP contribution in [0.3, 0.4) is 0 Å². The van der Waals surface area contributed by atoms with E-state index in [4.69, 9.17) is 14.7 Å². The monoisotopic (exact) mass is 425 g/mol. The summed E-state index contributed by atoms with van der Waals surface area (Å²) < 4.78 is 6.13. The third-order valence-corrected chi connectivity index (χ3v) is 5.41. The molecule has 0 unspecified atom stereocenters. The van der Waals surface area contributed by atoms with Crippen LogP contribution >= 0.6 is 0 Å². The van der Waals surface area contributed by atoms with Crippen molar-refractivity contribution >= 4 is 11.7 Å². The molecule has 0 aliphatic carbocycles. The molecule has 7 heteroatoms. The SMILES string of the molecule is Cc1cccc(OC(C)(C)C(=O)N2CCC[C@@H]2c2nc(CN(C)C)cc(N(C)C)n2)c1. The van der Waals surface area contributed by atoms with Gasteiger partial charge in [0.15, 0.2) is 11.4 Å². The molecule has 31 heavy (non-hydrogen) atoms. The van der Waals surface area contributed by atoms with E-state index in [2.05, 4.69) is 4.90 Å². The molecule has 7 nitrogen and oxygen atoms in total. The topological polar surface area (TPSA) is 61.8 Å². The van der Waals surface area contributed by atoms with E-state index in [0.29, 0.717) is 18.1 Å². The first kappa shape index (κ1) is 23.0. The molecule has 1 saturated heterocycles. The summed E-state index contributed by atoms with van der Waals surface area (Å²) in [7, 11) is 7.99. The van der Waals surface area contributed by atoms with E-state index in [0.717, 1.165) is 36.5 Å². The number of likely N-dealkylation sites (tertiary alicyclic amines) is 1. The van der Waals surface area contributed by atoms with Crippen molar-refractivity contribution in [2.75, 3.05) is 39.6 Å². The second-order valence-corrected chi connectivity index (χ2v) is 9.29. The lowest BCUT2D eigenvalue weighted by atomic mass is 10.1. The summed E-state index contributed by atoms with van der Waals surface area (Å²) in [6, 6.07) is 9.66. The Kier molecular flexibility index (Phi) is 6.84. The van der Waals surface area contributed by atoms with Gasteiger partial charge in [-0.2, -0.15) is 0 Å². The van der Waals surface area contributed by atoms with Crippen molar-refractivity contribution < 1.29 is 9.53 Å². The number of nitrogens with zero attached hydrogens (tertiary/aromatic N) is 5. The normalized spacial score (nSPS) is 16.6. The molecular formula is C24H35N5O2. The minimum atomic E-state index is -0.984. The number of rotatable bonds is 7. The van der Waals surface area contributed by atoms with Crippen LogP contribution in [0.15, 0.2) is 30.3 Å². The van der Waals surface area contributed by atoms with Crippen LogP contribution in [0.1, 0.15) is 49.8 Å². The largest absolute Gasteiger partial charge is 0.478 e. The van der Waals surface area contributed by atoms with Crippen LogP contribution in [0, 0.1) is 6.92 Å². The minimum absolute atomic E-state index is 0.0375. The molecule has 2 aromatic rings. The zero-order valence-electron chi connectivity index (χ0n) is 19.8. The predicted molar refractivity (Wildman–Crippen MR) is 123 cm³/mol. The molecule has 0 N–H and O–H groups in total. The average molecular weight is 426 g/mol. The number of carbonyl (C=O) groups is 1. The second-order valence-electron chi connectivity index (χ2n) is 9.29. The molecule has 1 aliphatic heterocycles. The lowest BCUT2D eigenvalue weighted by Gasteiger charge is -2.33. The summed E-state index contributed by atoms with van der Waals surface area (Å²) in [4.78, 5) is 29.1. The van der Waals surface area contributed by atoms with Crippen LogP contribution in [-0.4, -0.2) is 66.0 Å². The number of aromatic nitrogens is 2. The Morgan fingerprint density at radius 2 is 1.94 bits per heavy atom. The molecule has 168 valence electrons. The fraction of sp³-hybridized carbons (Fsp3) is 0.542. The van der Waals surface area contributed by atoms with Gasteiger partial charge in [0.2, 0.25) is 0 Å². The molecule has 1 fully saturated rings. The number of carbonyl (C=O) groups excluding carboxylic acids is 1. The van der Waals surface area contributed by atoms with Gasteiger partial charge in [-0.3, -0.25) is 4.79 Å². The van der Waals surface area contributed by atoms with Crippen LogP contribution in [0.25, 0.3) is 0 Å². The Morgan fingerprint density at radius 1 is 1.19 bits per heavy atom. The van der Waals surface area contributed by atoms with Crippen LogP contribution < -0.4 is 9.64 Å². The van der Waals surface area contributed by atoms with Crippen LogP contribution in [0.4, 0.5) is 5.82 Å². The first-order chi connectivity index (χ1) is 14.6. The zero-order valence-corrected chi connectivity index (χ0v) is 19.8. The van der Waals surface area contributed by atoms with Gasteiger partial charge in [0.1, 0.15) is 11.6 Å². The molecular weight excluding hydrogens is 390 g/mol. The third-order valence-electron chi connectivity index (χ3n) is 5.41. The lowest BCUT2D eigenvalue weighted by molar-refractivity contribution is -0.146. The van der Waals surface area contributed by atoms with E-state index in [9.17, 15) is 4.79 Å². The Bertz CT molecular complexity index is 926. The molecule has 0 saturated carbocycles. The molecule has 2 heterocycles. The molecule has 1 atom stereocenters. The van der Waals surface area contributed by atoms with Crippen molar-refractivity contribution in [3.05, 3.63) is 47.4 Å². The van der Waals surface area contributed by atoms with Gasteiger partial charge in [-0.25, -0.2) is 9.97 Å². The van der Waals surface area contributed by atoms with Gasteiger partial charge in [0, 0.05) is 33.3 Å². The van der Waals surface area contributed by atoms with Crippen molar-refractivity contribution in [1.29, 1.82) is 0 Å². The maximum atomic E-state index is 13.5. The second kappa shape index (κ2) is 9.22. The summed E-state index contributed by atoms with van der Waals surface area (Å²) in [5, 5.41) is 0. The van der Waals surface area contributed by atoms with Crippen LogP contribution in [0.5, 0.6) is 5.75 Å². The number of amides is 1. The lowest BCUT2D eigenvalue weighted by Crippen LogP contribution is -2.48. The van der Waals surface area contributed by atoms with Gasteiger partial charge in [0.05, 0.1) is 11.7 Å². The van der Waals surface area contributed by atoms with Gasteiger partial charge in [0.25, 0.3) is 5.91 Å². The van der Waals surface area contributed by atoms with Crippen molar-refractivity contribution in [1.82, 2.24) is 19.8 Å². The van der Waals surface area contributed by atoms with Gasteiger partial charge < -0.3 is 19.4 Å². The van der Waals surface area contributed by atoms with E-state index >= 15 is 0 Å². The van der Waals surface area contributed by atoms with Crippen molar-refractivity contribution in [3.8, 4) is 5.75 Å².